The lowest BCUT2D eigenvalue weighted by Crippen LogP contribution is -2.38. The molecule has 8 nitrogen and oxygen atoms in total. The second kappa shape index (κ2) is 20.7. The minimum atomic E-state index is -1.18. The van der Waals surface area contributed by atoms with Gasteiger partial charge >= 0.3 is 11.9 Å². The third kappa shape index (κ3) is 14.3. The Morgan fingerprint density at radius 1 is 0.741 bits per heavy atom. The van der Waals surface area contributed by atoms with Crippen molar-refractivity contribution in [2.75, 3.05) is 6.61 Å². The van der Waals surface area contributed by atoms with E-state index in [-0.39, 0.29) is 23.2 Å². The molecule has 0 amide bonds. The van der Waals surface area contributed by atoms with Crippen LogP contribution >= 0.6 is 0 Å². The number of hydrogen-bond donors (Lipinski definition) is 4. The van der Waals surface area contributed by atoms with E-state index in [0.29, 0.717) is 12.0 Å². The number of allylic oxidation sites excluding steroid dienone is 20. The third-order valence-corrected chi connectivity index (χ3v) is 9.63. The van der Waals surface area contributed by atoms with E-state index in [1.54, 1.807) is 6.92 Å². The van der Waals surface area contributed by atoms with Crippen LogP contribution in [0.1, 0.15) is 88.5 Å². The lowest BCUT2D eigenvalue weighted by molar-refractivity contribution is -0.151. The Bertz CT molecular complexity index is 1790. The Hall–Kier alpha value is -4.63. The molecule has 3 unspecified atom stereocenters. The summed E-state index contributed by atoms with van der Waals surface area (Å²) in [7, 11) is 0. The van der Waals surface area contributed by atoms with Gasteiger partial charge in [-0.1, -0.05) is 135 Å². The SMILES string of the molecule is CC1=C(/C=C/C(C)=C/C=C/C(C)=C/C=C/C=C(C)/C=C/C=C(C)/C=C/C2=C(C)C(O)C(O)CC2(C)C)C(C)(C)CC(OC(=O)/C=C(\CO)CC(=O)O)C1=O. The molecule has 0 fully saturated rings. The Kier molecular flexibility index (Phi) is 17.5. The number of ether oxygens (including phenoxy) is 1. The van der Waals surface area contributed by atoms with Crippen LogP contribution in [-0.4, -0.2) is 63.1 Å². The first-order chi connectivity index (χ1) is 25.2. The summed E-state index contributed by atoms with van der Waals surface area (Å²) < 4.78 is 5.40. The molecule has 0 radical (unpaired) electrons. The van der Waals surface area contributed by atoms with Crippen LogP contribution in [-0.2, 0) is 19.1 Å². The Morgan fingerprint density at radius 3 is 1.70 bits per heavy atom. The van der Waals surface area contributed by atoms with Crippen molar-refractivity contribution >= 4 is 17.7 Å². The number of carbonyl (C=O) groups excluding carboxylic acids is 2. The molecule has 0 aromatic carbocycles. The molecule has 0 saturated heterocycles. The smallest absolute Gasteiger partial charge is 0.331 e. The molecule has 54 heavy (non-hydrogen) atoms. The molecule has 3 atom stereocenters. The largest absolute Gasteiger partial charge is 0.481 e. The Morgan fingerprint density at radius 2 is 1.20 bits per heavy atom. The van der Waals surface area contributed by atoms with Crippen LogP contribution in [0.3, 0.4) is 0 Å². The summed E-state index contributed by atoms with van der Waals surface area (Å²) in [5.74, 6) is -2.33. The van der Waals surface area contributed by atoms with Crippen molar-refractivity contribution in [3.05, 3.63) is 141 Å². The third-order valence-electron chi connectivity index (χ3n) is 9.63. The molecule has 0 aliphatic heterocycles. The second-order valence-corrected chi connectivity index (χ2v) is 15.6. The van der Waals surface area contributed by atoms with Crippen molar-refractivity contribution in [1.29, 1.82) is 0 Å². The van der Waals surface area contributed by atoms with Crippen LogP contribution < -0.4 is 0 Å². The molecule has 4 N–H and O–H groups in total. The van der Waals surface area contributed by atoms with Crippen LogP contribution in [0.25, 0.3) is 0 Å². The zero-order valence-electron chi connectivity index (χ0n) is 33.6. The van der Waals surface area contributed by atoms with E-state index in [0.717, 1.165) is 45.1 Å². The fourth-order valence-corrected chi connectivity index (χ4v) is 6.53. The standard InChI is InChI=1S/C46H60O8/c1-30(17-13-19-32(3)21-23-37-34(5)43(52)39(48)27-45(37,7)8)15-11-12-16-31(2)18-14-20-33(4)22-24-38-35(6)44(53)40(28-46(38,9)10)54-42(51)26-36(29-47)25-41(49)50/h11-24,26,39-40,43,47-48,52H,25,27-29H2,1-10H3,(H,49,50)/b12-11+,17-13+,18-14+,23-21+,24-22+,30-15+,31-16+,32-19+,33-20+,36-26-. The normalized spacial score (nSPS) is 23.7. The van der Waals surface area contributed by atoms with Gasteiger partial charge in [-0.15, -0.1) is 0 Å². The minimum absolute atomic E-state index is 0.000232. The number of Topliss-reactive ketones (excluding diaryl/α,β-unsaturated/α-hetero) is 1. The summed E-state index contributed by atoms with van der Waals surface area (Å²) in [4.78, 5) is 36.4. The van der Waals surface area contributed by atoms with Gasteiger partial charge in [0.15, 0.2) is 11.9 Å². The number of carbonyl (C=O) groups is 3. The predicted molar refractivity (Wildman–Crippen MR) is 217 cm³/mol. The molecule has 2 rings (SSSR count). The Labute approximate surface area is 322 Å². The lowest BCUT2D eigenvalue weighted by atomic mass is 9.70. The van der Waals surface area contributed by atoms with Gasteiger partial charge < -0.3 is 25.2 Å². The van der Waals surface area contributed by atoms with Gasteiger partial charge in [0.2, 0.25) is 0 Å². The average molecular weight is 741 g/mol. The average Bonchev–Trinajstić information content (AvgIpc) is 3.06. The second-order valence-electron chi connectivity index (χ2n) is 15.6. The number of aliphatic hydroxyl groups is 3. The summed E-state index contributed by atoms with van der Waals surface area (Å²) in [5, 5.41) is 38.7. The number of aliphatic carboxylic acids is 1. The number of aliphatic hydroxyl groups excluding tert-OH is 3. The van der Waals surface area contributed by atoms with Crippen molar-refractivity contribution in [2.45, 2.75) is 107 Å². The highest BCUT2D eigenvalue weighted by molar-refractivity contribution is 6.02. The number of carboxylic acid groups (broad SMARTS) is 1. The molecule has 0 aromatic rings. The van der Waals surface area contributed by atoms with Crippen molar-refractivity contribution in [2.24, 2.45) is 10.8 Å². The molecular weight excluding hydrogens is 680 g/mol. The fourth-order valence-electron chi connectivity index (χ4n) is 6.53. The predicted octanol–water partition coefficient (Wildman–Crippen LogP) is 8.64. The summed E-state index contributed by atoms with van der Waals surface area (Å²) in [6, 6.07) is 0. The maximum Gasteiger partial charge on any atom is 0.331 e. The molecule has 8 heteroatoms. The summed E-state index contributed by atoms with van der Waals surface area (Å²) in [6.45, 7) is 19.2. The molecule has 2 aliphatic rings. The molecule has 292 valence electrons. The maximum absolute atomic E-state index is 13.1. The Balaban J connectivity index is 1.99. The number of esters is 1. The topological polar surface area (TPSA) is 141 Å². The number of carboxylic acids is 1. The van der Waals surface area contributed by atoms with Gasteiger partial charge in [0.25, 0.3) is 0 Å². The van der Waals surface area contributed by atoms with Crippen molar-refractivity contribution in [3.8, 4) is 0 Å². The fraction of sp³-hybridized carbons (Fsp3) is 0.413. The van der Waals surface area contributed by atoms with E-state index in [4.69, 9.17) is 9.84 Å². The summed E-state index contributed by atoms with van der Waals surface area (Å²) in [6.07, 6.45) is 26.8. The van der Waals surface area contributed by atoms with E-state index in [2.05, 4.69) is 19.9 Å². The van der Waals surface area contributed by atoms with E-state index >= 15 is 0 Å². The first kappa shape index (κ1) is 45.5. The van der Waals surface area contributed by atoms with Gasteiger partial charge in [-0.3, -0.25) is 9.59 Å². The molecule has 0 spiro atoms. The summed E-state index contributed by atoms with van der Waals surface area (Å²) >= 11 is 0. The minimum Gasteiger partial charge on any atom is -0.481 e. The van der Waals surface area contributed by atoms with Crippen LogP contribution in [0.5, 0.6) is 0 Å². The first-order valence-electron chi connectivity index (χ1n) is 18.3. The van der Waals surface area contributed by atoms with E-state index in [1.807, 2.05) is 127 Å². The number of ketones is 1. The number of hydrogen-bond acceptors (Lipinski definition) is 7. The van der Waals surface area contributed by atoms with E-state index in [9.17, 15) is 29.7 Å². The van der Waals surface area contributed by atoms with E-state index in [1.165, 1.54) is 0 Å². The first-order valence-corrected chi connectivity index (χ1v) is 18.3. The van der Waals surface area contributed by atoms with E-state index < -0.39 is 48.7 Å². The molecule has 0 heterocycles. The van der Waals surface area contributed by atoms with Gasteiger partial charge in [0.05, 0.1) is 19.1 Å². The van der Waals surface area contributed by atoms with Crippen LogP contribution in [0, 0.1) is 10.8 Å². The zero-order chi connectivity index (χ0) is 40.8. The van der Waals surface area contributed by atoms with Crippen molar-refractivity contribution in [3.63, 3.8) is 0 Å². The van der Waals surface area contributed by atoms with Crippen molar-refractivity contribution < 1.29 is 39.5 Å². The molecular formula is C46H60O8. The van der Waals surface area contributed by atoms with Crippen LogP contribution in [0.15, 0.2) is 141 Å². The van der Waals surface area contributed by atoms with Crippen LogP contribution in [0.4, 0.5) is 0 Å². The van der Waals surface area contributed by atoms with Gasteiger partial charge in [0.1, 0.15) is 6.10 Å². The highest BCUT2D eigenvalue weighted by Gasteiger charge is 2.40. The van der Waals surface area contributed by atoms with Gasteiger partial charge in [-0.05, 0) is 86.7 Å². The lowest BCUT2D eigenvalue weighted by Gasteiger charge is -2.38. The molecule has 0 saturated carbocycles. The van der Waals surface area contributed by atoms with Gasteiger partial charge in [0, 0.05) is 12.5 Å². The van der Waals surface area contributed by atoms with Crippen molar-refractivity contribution in [1.82, 2.24) is 0 Å². The molecule has 0 bridgehead atoms. The monoisotopic (exact) mass is 740 g/mol. The van der Waals surface area contributed by atoms with Gasteiger partial charge in [-0.25, -0.2) is 4.79 Å². The van der Waals surface area contributed by atoms with Crippen LogP contribution in [0.2, 0.25) is 0 Å². The molecule has 2 aliphatic carbocycles. The highest BCUT2D eigenvalue weighted by atomic mass is 16.5. The molecule has 0 aromatic heterocycles. The number of rotatable bonds is 15. The highest BCUT2D eigenvalue weighted by Crippen LogP contribution is 2.42. The zero-order valence-corrected chi connectivity index (χ0v) is 33.6. The quantitative estimate of drug-likeness (QED) is 0.0743. The maximum atomic E-state index is 13.1. The summed E-state index contributed by atoms with van der Waals surface area (Å²) in [5.41, 5.74) is 6.80. The van der Waals surface area contributed by atoms with Gasteiger partial charge in [-0.2, -0.15) is 0 Å².